The molecule has 2 aliphatic rings. The van der Waals surface area contributed by atoms with Gasteiger partial charge in [-0.2, -0.15) is 0 Å². The predicted octanol–water partition coefficient (Wildman–Crippen LogP) is -2.14. The number of likely N-dealkylation sites (N-methyl/N-ethyl adjacent to an activating group) is 4. The Kier molecular flexibility index (Phi) is 39.9. The lowest BCUT2D eigenvalue weighted by atomic mass is 10.00. The SMILES string of the molecule is CCCC[C@H]1C(=O)N(C)[C@@H](CCCC)C(=O)N[C@@H](CCCNC(=N)N)C(=O)N[C@H](C(=O)NCC(N)=O)CSCC(=O)N[C@@H](Cc2ccccc2)C(=O)N(C)[C@@H](C)C(=O)N[C@@H](CC(N)=O)C(=O)N2CCC[C@H]2C(=O)N[C@@H](Cc2cnc[nH]2)C(=O)N[C@@H](CC(C)C)C(=O)N(C)CC(=O)N[C@@H](Cc2c[nH]c3ccccc23)C(=O)N[C@@H](CO)C(=O)N[C@@H](Cc2c[nH]c3ccccc23)C(=O)N1C. The number of unbranched alkanes of at least 4 members (excludes halogenated alkanes) is 2. The fourth-order valence-electron chi connectivity index (χ4n) is 15.8. The lowest BCUT2D eigenvalue weighted by Gasteiger charge is -2.36. The first kappa shape index (κ1) is 104. The molecule has 5 heterocycles. The molecule has 17 amide bonds. The molecule has 0 radical (unpaired) electrons. The van der Waals surface area contributed by atoms with Gasteiger partial charge in [0.15, 0.2) is 5.96 Å². The van der Waals surface area contributed by atoms with Gasteiger partial charge < -0.3 is 120 Å². The highest BCUT2D eigenvalue weighted by molar-refractivity contribution is 8.00. The van der Waals surface area contributed by atoms with Crippen molar-refractivity contribution in [3.05, 3.63) is 126 Å². The summed E-state index contributed by atoms with van der Waals surface area (Å²) in [6.45, 7) is 5.93. The van der Waals surface area contributed by atoms with Crippen LogP contribution in [0.5, 0.6) is 0 Å². The summed E-state index contributed by atoms with van der Waals surface area (Å²) < 4.78 is 0. The molecule has 43 heteroatoms. The smallest absolute Gasteiger partial charge is 0.246 e. The van der Waals surface area contributed by atoms with Crippen molar-refractivity contribution >= 4 is 140 Å². The number of hydrogen-bond donors (Lipinski definition) is 19. The number of aromatic amines is 3. The molecule has 13 atom stereocenters. The van der Waals surface area contributed by atoms with Gasteiger partial charge in [0.25, 0.3) is 0 Å². The molecule has 2 fully saturated rings. The van der Waals surface area contributed by atoms with E-state index in [1.54, 1.807) is 105 Å². The van der Waals surface area contributed by atoms with E-state index in [4.69, 9.17) is 22.6 Å². The van der Waals surface area contributed by atoms with Crippen molar-refractivity contribution in [2.45, 2.75) is 216 Å². The summed E-state index contributed by atoms with van der Waals surface area (Å²) in [4.78, 5) is 267. The number of carbonyl (C=O) groups excluding carboxylic acids is 17. The van der Waals surface area contributed by atoms with E-state index in [9.17, 15) is 62.6 Å². The monoisotopic (exact) mass is 1850 g/mol. The fraction of sp³-hybridized carbons (Fsp3) is 0.517. The van der Waals surface area contributed by atoms with Gasteiger partial charge in [0.05, 0.1) is 38.2 Å². The quantitative estimate of drug-likeness (QED) is 0.0157. The highest BCUT2D eigenvalue weighted by Gasteiger charge is 2.44. The van der Waals surface area contributed by atoms with Gasteiger partial charge in [-0.05, 0) is 86.6 Å². The molecule has 42 nitrogen and oxygen atoms in total. The molecule has 0 aliphatic carbocycles. The second-order valence-electron chi connectivity index (χ2n) is 33.7. The summed E-state index contributed by atoms with van der Waals surface area (Å²) >= 11 is 0.795. The van der Waals surface area contributed by atoms with Crippen LogP contribution in [0.3, 0.4) is 0 Å². The Morgan fingerprint density at radius 1 is 0.538 bits per heavy atom. The molecule has 0 spiro atoms. The number of aromatic nitrogens is 4. The minimum absolute atomic E-state index is 0.00145. The molecule has 132 heavy (non-hydrogen) atoms. The second-order valence-corrected chi connectivity index (χ2v) is 34.7. The number of para-hydroxylation sites is 2. The molecule has 716 valence electrons. The zero-order valence-electron chi connectivity index (χ0n) is 75.9. The fourth-order valence-corrected chi connectivity index (χ4v) is 16.7. The van der Waals surface area contributed by atoms with E-state index in [2.05, 4.69) is 78.4 Å². The zero-order valence-corrected chi connectivity index (χ0v) is 76.7. The minimum Gasteiger partial charge on any atom is -0.394 e. The zero-order chi connectivity index (χ0) is 96.6. The molecule has 0 unspecified atom stereocenters. The van der Waals surface area contributed by atoms with E-state index in [1.165, 1.54) is 47.6 Å². The summed E-state index contributed by atoms with van der Waals surface area (Å²) in [6.07, 6.45) is 6.01. The van der Waals surface area contributed by atoms with Crippen molar-refractivity contribution in [2.24, 2.45) is 23.1 Å². The topological polar surface area (TPSA) is 621 Å². The van der Waals surface area contributed by atoms with Gasteiger partial charge in [-0.1, -0.05) is 120 Å². The molecule has 0 bridgehead atoms. The first-order valence-electron chi connectivity index (χ1n) is 44.2. The number of aliphatic hydroxyl groups is 1. The van der Waals surface area contributed by atoms with Crippen molar-refractivity contribution in [3.8, 4) is 0 Å². The minimum atomic E-state index is -1.85. The number of amides is 17. The summed E-state index contributed by atoms with van der Waals surface area (Å²) in [5.41, 5.74) is 20.0. The molecule has 6 aromatic rings. The second kappa shape index (κ2) is 50.6. The van der Waals surface area contributed by atoms with E-state index in [1.807, 2.05) is 13.8 Å². The summed E-state index contributed by atoms with van der Waals surface area (Å²) in [5.74, 6) is -17.1. The van der Waals surface area contributed by atoms with Gasteiger partial charge in [-0.3, -0.25) is 86.9 Å². The maximum absolute atomic E-state index is 15.7. The summed E-state index contributed by atoms with van der Waals surface area (Å²) in [5, 5.41) is 49.4. The summed E-state index contributed by atoms with van der Waals surface area (Å²) in [6, 6.07) is 2.90. The number of primary amides is 2. The predicted molar refractivity (Wildman–Crippen MR) is 490 cm³/mol. The third-order valence-electron chi connectivity index (χ3n) is 23.1. The Morgan fingerprint density at radius 2 is 1.08 bits per heavy atom. The maximum atomic E-state index is 15.7. The van der Waals surface area contributed by atoms with Crippen LogP contribution in [0.15, 0.2) is 104 Å². The Hall–Kier alpha value is -13.5. The Morgan fingerprint density at radius 3 is 1.67 bits per heavy atom. The molecule has 3 aromatic carbocycles. The van der Waals surface area contributed by atoms with Crippen LogP contribution in [0.2, 0.25) is 0 Å². The average molecular weight is 1850 g/mol. The number of hydrogen-bond acceptors (Lipinski definition) is 21. The maximum Gasteiger partial charge on any atom is 0.246 e. The number of fused-ring (bicyclic) bond motifs is 3. The van der Waals surface area contributed by atoms with Gasteiger partial charge >= 0.3 is 0 Å². The Bertz CT molecular complexity index is 5050. The van der Waals surface area contributed by atoms with Crippen molar-refractivity contribution in [3.63, 3.8) is 0 Å². The lowest BCUT2D eigenvalue weighted by molar-refractivity contribution is -0.149. The third-order valence-corrected chi connectivity index (χ3v) is 24.2. The lowest BCUT2D eigenvalue weighted by Crippen LogP contribution is -2.61. The summed E-state index contributed by atoms with van der Waals surface area (Å²) in [7, 11) is 5.25. The molecule has 22 N–H and O–H groups in total. The molecule has 8 rings (SSSR count). The largest absolute Gasteiger partial charge is 0.394 e. The van der Waals surface area contributed by atoms with Crippen molar-refractivity contribution < 1.29 is 86.6 Å². The normalized spacial score (nSPS) is 23.5. The van der Waals surface area contributed by atoms with Crippen LogP contribution < -0.4 is 75.7 Å². The number of imidazole rings is 1. The third kappa shape index (κ3) is 30.0. The number of rotatable bonds is 26. The van der Waals surface area contributed by atoms with E-state index < -0.39 is 223 Å². The highest BCUT2D eigenvalue weighted by Crippen LogP contribution is 2.26. The molecule has 0 saturated carbocycles. The van der Waals surface area contributed by atoms with E-state index in [0.717, 1.165) is 36.3 Å². The average Bonchev–Trinajstić information content (AvgIpc) is 1.48. The van der Waals surface area contributed by atoms with Crippen LogP contribution in [0.25, 0.3) is 21.8 Å². The molecular weight excluding hydrogens is 1730 g/mol. The van der Waals surface area contributed by atoms with Crippen LogP contribution in [-0.2, 0) is 107 Å². The Labute approximate surface area is 768 Å². The van der Waals surface area contributed by atoms with E-state index in [0.29, 0.717) is 69.9 Å². The Balaban J connectivity index is 1.18. The number of nitrogens with zero attached hydrogens (tertiary/aromatic N) is 6. The van der Waals surface area contributed by atoms with Crippen LogP contribution in [-0.4, -0.2) is 307 Å². The number of benzene rings is 3. The highest BCUT2D eigenvalue weighted by atomic mass is 32.2. The number of guanidine groups is 1. The number of carbonyl (C=O) groups is 17. The number of H-pyrrole nitrogens is 3. The van der Waals surface area contributed by atoms with E-state index in [-0.39, 0.29) is 89.6 Å². The number of nitrogens with one attached hydrogen (secondary N) is 15. The van der Waals surface area contributed by atoms with Crippen molar-refractivity contribution in [1.29, 1.82) is 5.41 Å². The molecule has 2 saturated heterocycles. The molecule has 2 aliphatic heterocycles. The van der Waals surface area contributed by atoms with Crippen LogP contribution in [0, 0.1) is 11.3 Å². The van der Waals surface area contributed by atoms with Gasteiger partial charge in [-0.15, -0.1) is 11.8 Å². The van der Waals surface area contributed by atoms with Crippen LogP contribution in [0.4, 0.5) is 0 Å². The molecule has 3 aromatic heterocycles. The number of nitrogens with two attached hydrogens (primary N) is 3. The van der Waals surface area contributed by atoms with Gasteiger partial charge in [0.1, 0.15) is 78.5 Å². The number of aliphatic hydroxyl groups excluding tert-OH is 1. The van der Waals surface area contributed by atoms with Crippen molar-refractivity contribution in [2.75, 3.05) is 72.5 Å². The van der Waals surface area contributed by atoms with Gasteiger partial charge in [-0.25, -0.2) is 4.98 Å². The first-order chi connectivity index (χ1) is 62.9. The van der Waals surface area contributed by atoms with E-state index >= 15 is 24.0 Å². The molecular formula is C89H126N24O18S. The van der Waals surface area contributed by atoms with Crippen molar-refractivity contribution in [1.82, 2.24) is 103 Å². The van der Waals surface area contributed by atoms with Gasteiger partial charge in [0.2, 0.25) is 100 Å². The van der Waals surface area contributed by atoms with Gasteiger partial charge in [0, 0.05) is 119 Å². The van der Waals surface area contributed by atoms with Crippen LogP contribution in [0.1, 0.15) is 134 Å². The van der Waals surface area contributed by atoms with Crippen LogP contribution >= 0.6 is 11.8 Å². The number of thioether (sulfide) groups is 1. The first-order valence-corrected chi connectivity index (χ1v) is 45.4. The standard InChI is InChI=1S/C89H126N24O18S/c1-10-12-30-69-82(125)102-60(29-21-33-95-89(92)93)78(121)108-68(77(120)98-44-73(91)116)47-132-48-75(118)101-64(36-52-23-15-14-16-24-52)85(128)110(7)51(5)76(119)104-66(40-72(90)115)87(130)113-34-22-32-70(113)83(126)103-62(39-55-43-94-49-99-55)80(123)105-63(35-50(3)4)84(127)109(6)45-74(117)100-61(37-53-41-96-58-27-19-17-25-56(53)58)79(122)107-67(46-114)81(124)106-65(38-54-42-97-59-28-20-18-26-57(54)59)86(129)112(9)71(31-13-11-2)88(131)111(69)8/h14-20,23-28,41-43,49-51,60-71,96-97,114H,10-13,21-22,29-40,44-48H2,1-9H3,(H2,90,115)(H2,91,116)(H,94,99)(H,98,120)(H,100,117)(H,101,118)(H,102,125)(H,103,126)(H,104,119)(H,105,123)(H,106,124)(H,107,122)(H,108,121)(H4,92,93,95)/t51-,60-,61-,62-,63-,64-,65-,66-,67-,68-,69-,70-,71-/m0/s1.